The molecule has 3 aromatic rings. The van der Waals surface area contributed by atoms with Crippen molar-refractivity contribution in [2.45, 2.75) is 12.6 Å². The van der Waals surface area contributed by atoms with Crippen LogP contribution in [-0.4, -0.2) is 53.4 Å². The summed E-state index contributed by atoms with van der Waals surface area (Å²) < 4.78 is 15.0. The van der Waals surface area contributed by atoms with Crippen LogP contribution in [0, 0.1) is 5.82 Å². The third-order valence-electron chi connectivity index (χ3n) is 5.05. The van der Waals surface area contributed by atoms with Crippen molar-refractivity contribution in [2.24, 2.45) is 0 Å². The molecule has 4 rings (SSSR count). The van der Waals surface area contributed by atoms with Crippen molar-refractivity contribution in [1.82, 2.24) is 20.2 Å². The Balaban J connectivity index is 1.64. The number of hydrogen-bond donors (Lipinski definition) is 2. The van der Waals surface area contributed by atoms with Gasteiger partial charge in [0.2, 0.25) is 5.82 Å². The van der Waals surface area contributed by atoms with E-state index in [0.717, 1.165) is 37.6 Å². The third-order valence-corrected chi connectivity index (χ3v) is 5.98. The molecular formula is C18H23FN6S+2. The van der Waals surface area contributed by atoms with Gasteiger partial charge in [-0.2, -0.15) is 0 Å². The minimum atomic E-state index is -0.230. The fourth-order valence-corrected chi connectivity index (χ4v) is 4.43. The van der Waals surface area contributed by atoms with Gasteiger partial charge in [0.25, 0.3) is 0 Å². The zero-order valence-corrected chi connectivity index (χ0v) is 15.5. The van der Waals surface area contributed by atoms with Crippen molar-refractivity contribution < 1.29 is 14.2 Å². The Bertz CT molecular complexity index is 824. The first-order valence-corrected chi connectivity index (χ1v) is 9.78. The molecule has 0 aliphatic carbocycles. The van der Waals surface area contributed by atoms with Gasteiger partial charge in [-0.1, -0.05) is 18.2 Å². The number of quaternary nitrogens is 2. The van der Waals surface area contributed by atoms with Crippen LogP contribution in [0.4, 0.5) is 4.39 Å². The summed E-state index contributed by atoms with van der Waals surface area (Å²) in [4.78, 5) is 4.37. The average Bonchev–Trinajstić information content (AvgIpc) is 3.32. The first kappa shape index (κ1) is 17.3. The maximum atomic E-state index is 13.2. The standard InChI is InChI=1S/C18H21FN6S/c1-23-8-10-24(11-9-23)17(16-3-2-12-26-16)18-20-21-22-25(18)13-14-4-6-15(19)7-5-14/h2-7,12,17H,8-11,13H2,1H3/p+2/t17-/m0/s1. The summed E-state index contributed by atoms with van der Waals surface area (Å²) in [5.41, 5.74) is 0.989. The number of rotatable bonds is 5. The molecule has 1 atom stereocenters. The first-order chi connectivity index (χ1) is 12.7. The fraction of sp³-hybridized carbons (Fsp3) is 0.389. The number of nitrogens with zero attached hydrogens (tertiary/aromatic N) is 4. The molecule has 2 aromatic heterocycles. The summed E-state index contributed by atoms with van der Waals surface area (Å²) in [6.07, 6.45) is 0. The molecular weight excluding hydrogens is 351 g/mol. The van der Waals surface area contributed by atoms with Gasteiger partial charge in [0.1, 0.15) is 32.0 Å². The number of tetrazole rings is 1. The molecule has 1 aliphatic rings. The van der Waals surface area contributed by atoms with Gasteiger partial charge < -0.3 is 9.80 Å². The van der Waals surface area contributed by atoms with E-state index in [4.69, 9.17) is 0 Å². The Morgan fingerprint density at radius 2 is 1.92 bits per heavy atom. The summed E-state index contributed by atoms with van der Waals surface area (Å²) in [6, 6.07) is 10.9. The molecule has 1 saturated heterocycles. The van der Waals surface area contributed by atoms with Gasteiger partial charge in [-0.15, -0.1) is 16.4 Å². The average molecular weight is 374 g/mol. The summed E-state index contributed by atoms with van der Waals surface area (Å²) in [5, 5.41) is 14.7. The number of aromatic nitrogens is 4. The normalized spacial score (nSPS) is 21.6. The second-order valence-corrected chi connectivity index (χ2v) is 7.86. The molecule has 2 N–H and O–H groups in total. The maximum absolute atomic E-state index is 13.2. The van der Waals surface area contributed by atoms with Crippen LogP contribution in [0.2, 0.25) is 0 Å². The van der Waals surface area contributed by atoms with Gasteiger partial charge in [-0.05, 0) is 39.6 Å². The highest BCUT2D eigenvalue weighted by molar-refractivity contribution is 7.10. The predicted octanol–water partition coefficient (Wildman–Crippen LogP) is -0.575. The monoisotopic (exact) mass is 374 g/mol. The van der Waals surface area contributed by atoms with Crippen LogP contribution in [-0.2, 0) is 6.54 Å². The lowest BCUT2D eigenvalue weighted by Crippen LogP contribution is -3.27. The molecule has 136 valence electrons. The molecule has 6 nitrogen and oxygen atoms in total. The molecule has 0 spiro atoms. The van der Waals surface area contributed by atoms with E-state index in [-0.39, 0.29) is 11.9 Å². The highest BCUT2D eigenvalue weighted by Crippen LogP contribution is 2.22. The topological polar surface area (TPSA) is 52.5 Å². The molecule has 0 unspecified atom stereocenters. The van der Waals surface area contributed by atoms with Crippen molar-refractivity contribution in [2.75, 3.05) is 33.2 Å². The van der Waals surface area contributed by atoms with Crippen LogP contribution in [0.3, 0.4) is 0 Å². The van der Waals surface area contributed by atoms with Crippen LogP contribution >= 0.6 is 11.3 Å². The molecule has 1 aliphatic heterocycles. The summed E-state index contributed by atoms with van der Waals surface area (Å²) >= 11 is 1.75. The fourth-order valence-electron chi connectivity index (χ4n) is 3.55. The van der Waals surface area contributed by atoms with Crippen LogP contribution in [0.15, 0.2) is 41.8 Å². The Morgan fingerprint density at radius 1 is 1.15 bits per heavy atom. The van der Waals surface area contributed by atoms with Gasteiger partial charge in [0.15, 0.2) is 6.04 Å². The van der Waals surface area contributed by atoms with Crippen molar-refractivity contribution in [3.63, 3.8) is 0 Å². The first-order valence-electron chi connectivity index (χ1n) is 8.90. The molecule has 1 fully saturated rings. The van der Waals surface area contributed by atoms with Crippen molar-refractivity contribution in [3.8, 4) is 0 Å². The minimum Gasteiger partial charge on any atom is -0.328 e. The van der Waals surface area contributed by atoms with Gasteiger partial charge in [0, 0.05) is 0 Å². The van der Waals surface area contributed by atoms with E-state index in [1.165, 1.54) is 21.9 Å². The molecule has 0 bridgehead atoms. The van der Waals surface area contributed by atoms with E-state index in [0.29, 0.717) is 6.54 Å². The second-order valence-electron chi connectivity index (χ2n) is 6.88. The second kappa shape index (κ2) is 7.61. The summed E-state index contributed by atoms with van der Waals surface area (Å²) in [6.45, 7) is 5.03. The minimum absolute atomic E-state index is 0.138. The highest BCUT2D eigenvalue weighted by atomic mass is 32.1. The quantitative estimate of drug-likeness (QED) is 0.629. The Morgan fingerprint density at radius 3 is 2.62 bits per heavy atom. The summed E-state index contributed by atoms with van der Waals surface area (Å²) in [7, 11) is 2.25. The lowest BCUT2D eigenvalue weighted by molar-refractivity contribution is -1.02. The summed E-state index contributed by atoms with van der Waals surface area (Å²) in [5.74, 6) is 0.651. The molecule has 26 heavy (non-hydrogen) atoms. The van der Waals surface area contributed by atoms with Gasteiger partial charge >= 0.3 is 0 Å². The maximum Gasteiger partial charge on any atom is 0.215 e. The zero-order chi connectivity index (χ0) is 17.9. The molecule has 1 aromatic carbocycles. The van der Waals surface area contributed by atoms with E-state index in [1.54, 1.807) is 28.4 Å². The van der Waals surface area contributed by atoms with Crippen LogP contribution < -0.4 is 9.80 Å². The Hall–Kier alpha value is -2.16. The zero-order valence-electron chi connectivity index (χ0n) is 14.7. The number of hydrogen-bond acceptors (Lipinski definition) is 4. The molecule has 0 saturated carbocycles. The number of halogens is 1. The smallest absolute Gasteiger partial charge is 0.215 e. The number of piperazine rings is 1. The van der Waals surface area contributed by atoms with Crippen LogP contribution in [0.1, 0.15) is 22.3 Å². The largest absolute Gasteiger partial charge is 0.328 e. The molecule has 8 heteroatoms. The van der Waals surface area contributed by atoms with Crippen molar-refractivity contribution in [3.05, 3.63) is 63.9 Å². The predicted molar refractivity (Wildman–Crippen MR) is 96.8 cm³/mol. The number of benzene rings is 1. The van der Waals surface area contributed by atoms with Crippen molar-refractivity contribution >= 4 is 11.3 Å². The van der Waals surface area contributed by atoms with Crippen LogP contribution in [0.5, 0.6) is 0 Å². The SMILES string of the molecule is C[NH+]1CC[NH+]([C@@H](c2cccs2)c2nnnn2Cc2ccc(F)cc2)CC1. The number of likely N-dealkylation sites (N-methyl/N-ethyl adjacent to an activating group) is 1. The van der Waals surface area contributed by atoms with Gasteiger partial charge in [0.05, 0.1) is 18.5 Å². The lowest BCUT2D eigenvalue weighted by Gasteiger charge is -2.32. The van der Waals surface area contributed by atoms with E-state index < -0.39 is 0 Å². The third kappa shape index (κ3) is 3.67. The van der Waals surface area contributed by atoms with E-state index in [9.17, 15) is 4.39 Å². The Kier molecular flexibility index (Phi) is 5.05. The van der Waals surface area contributed by atoms with E-state index >= 15 is 0 Å². The number of nitrogens with one attached hydrogen (secondary N) is 2. The van der Waals surface area contributed by atoms with E-state index in [2.05, 4.69) is 40.1 Å². The van der Waals surface area contributed by atoms with Crippen molar-refractivity contribution in [1.29, 1.82) is 0 Å². The van der Waals surface area contributed by atoms with E-state index in [1.807, 2.05) is 4.68 Å². The number of thiophene rings is 1. The lowest BCUT2D eigenvalue weighted by atomic mass is 10.1. The Labute approximate surface area is 155 Å². The highest BCUT2D eigenvalue weighted by Gasteiger charge is 2.35. The molecule has 0 radical (unpaired) electrons. The molecule has 3 heterocycles. The van der Waals surface area contributed by atoms with Gasteiger partial charge in [-0.25, -0.2) is 9.07 Å². The van der Waals surface area contributed by atoms with Gasteiger partial charge in [-0.3, -0.25) is 0 Å². The van der Waals surface area contributed by atoms with Crippen LogP contribution in [0.25, 0.3) is 0 Å². The molecule has 0 amide bonds.